The molecule has 262 valence electrons. The Morgan fingerprint density at radius 1 is 1.06 bits per heavy atom. The van der Waals surface area contributed by atoms with Gasteiger partial charge in [-0.15, -0.1) is 0 Å². The van der Waals surface area contributed by atoms with E-state index in [0.29, 0.717) is 50.2 Å². The zero-order valence-corrected chi connectivity index (χ0v) is 29.3. The monoisotopic (exact) mass is 691 g/mol. The highest BCUT2D eigenvalue weighted by atomic mass is 32.2. The minimum atomic E-state index is -3.23. The molecule has 7 rings (SSSR count). The van der Waals surface area contributed by atoms with Crippen LogP contribution in [0.15, 0.2) is 49.3 Å². The van der Waals surface area contributed by atoms with Gasteiger partial charge in [0.1, 0.15) is 17.8 Å². The van der Waals surface area contributed by atoms with Crippen LogP contribution in [0.5, 0.6) is 0 Å². The molecule has 0 spiro atoms. The van der Waals surface area contributed by atoms with Gasteiger partial charge in [0.15, 0.2) is 9.84 Å². The number of ether oxygens (including phenoxy) is 1. The van der Waals surface area contributed by atoms with E-state index in [-0.39, 0.29) is 29.7 Å². The van der Waals surface area contributed by atoms with Gasteiger partial charge >= 0.3 is 0 Å². The third-order valence-corrected chi connectivity index (χ3v) is 14.4. The summed E-state index contributed by atoms with van der Waals surface area (Å²) in [6.45, 7) is 10.1. The van der Waals surface area contributed by atoms with Crippen LogP contribution < -0.4 is 15.1 Å². The summed E-state index contributed by atoms with van der Waals surface area (Å²) in [6.07, 6.45) is 8.05. The molecular formula is C36H46FN7O4S. The van der Waals surface area contributed by atoms with E-state index in [4.69, 9.17) is 9.72 Å². The lowest BCUT2D eigenvalue weighted by atomic mass is 9.71. The number of nitrogens with one attached hydrogen (secondary N) is 1. The minimum absolute atomic E-state index is 0.0894. The van der Waals surface area contributed by atoms with E-state index in [1.54, 1.807) is 26.1 Å². The third kappa shape index (κ3) is 5.82. The number of halogens is 1. The number of likely N-dealkylation sites (tertiary alicyclic amines) is 1. The number of rotatable bonds is 10. The summed E-state index contributed by atoms with van der Waals surface area (Å²) in [6, 6.07) is 7.86. The number of hydrogen-bond donors (Lipinski definition) is 1. The quantitative estimate of drug-likeness (QED) is 0.278. The third-order valence-electron chi connectivity index (χ3n) is 11.3. The maximum absolute atomic E-state index is 14.6. The molecule has 0 radical (unpaired) electrons. The number of carbonyl (C=O) groups is 1. The van der Waals surface area contributed by atoms with Crippen molar-refractivity contribution in [2.24, 2.45) is 5.92 Å². The second kappa shape index (κ2) is 13.1. The molecule has 4 aliphatic rings. The van der Waals surface area contributed by atoms with Crippen LogP contribution in [0.1, 0.15) is 64.0 Å². The Bertz CT molecular complexity index is 1850. The van der Waals surface area contributed by atoms with Gasteiger partial charge < -0.3 is 24.8 Å². The maximum atomic E-state index is 14.6. The van der Waals surface area contributed by atoms with E-state index in [1.165, 1.54) is 13.2 Å². The Balaban J connectivity index is 1.20. The first kappa shape index (κ1) is 33.6. The molecule has 5 heterocycles. The van der Waals surface area contributed by atoms with Crippen molar-refractivity contribution < 1.29 is 22.3 Å². The van der Waals surface area contributed by atoms with Gasteiger partial charge in [-0.1, -0.05) is 19.1 Å². The predicted molar refractivity (Wildman–Crippen MR) is 190 cm³/mol. The molecule has 49 heavy (non-hydrogen) atoms. The maximum Gasteiger partial charge on any atom is 0.246 e. The lowest BCUT2D eigenvalue weighted by molar-refractivity contribution is -0.126. The Labute approximate surface area is 287 Å². The lowest BCUT2D eigenvalue weighted by Gasteiger charge is -2.55. The van der Waals surface area contributed by atoms with Gasteiger partial charge in [0.2, 0.25) is 11.9 Å². The van der Waals surface area contributed by atoms with Crippen LogP contribution in [0.4, 0.5) is 27.7 Å². The number of nitrogens with zero attached hydrogens (tertiary/aromatic N) is 6. The average Bonchev–Trinajstić information content (AvgIpc) is 3.54. The number of carbonyl (C=O) groups excluding carboxylic acids is 1. The number of hydrogen-bond acceptors (Lipinski definition) is 10. The second-order valence-corrected chi connectivity index (χ2v) is 17.0. The van der Waals surface area contributed by atoms with Crippen LogP contribution in [0.2, 0.25) is 0 Å². The Hall–Kier alpha value is -3.84. The number of pyridine rings is 1. The highest BCUT2D eigenvalue weighted by Crippen LogP contribution is 2.51. The molecule has 13 heteroatoms. The number of amides is 1. The van der Waals surface area contributed by atoms with Crippen molar-refractivity contribution in [1.29, 1.82) is 0 Å². The van der Waals surface area contributed by atoms with E-state index in [0.717, 1.165) is 54.1 Å². The summed E-state index contributed by atoms with van der Waals surface area (Å²) in [5, 5.41) is 4.86. The van der Waals surface area contributed by atoms with Crippen LogP contribution in [-0.4, -0.2) is 96.3 Å². The molecule has 1 amide bonds. The molecule has 3 saturated heterocycles. The normalized spacial score (nSPS) is 24.2. The first-order valence-corrected chi connectivity index (χ1v) is 19.0. The molecule has 0 bridgehead atoms. The number of fused-ring (bicyclic) bond motifs is 1. The number of sulfone groups is 1. The number of piperidine rings is 1. The predicted octanol–water partition coefficient (Wildman–Crippen LogP) is 5.36. The number of benzene rings is 1. The molecule has 1 aliphatic carbocycles. The van der Waals surface area contributed by atoms with Crippen molar-refractivity contribution in [3.05, 3.63) is 54.9 Å². The standard InChI is InChI=1S/C36H46FN7O4S/c1-5-34(45)44-16-6-8-30(44)25-9-10-29(43-20-24(21-43)36(13-7-14-36)49(46,47)23(2)3)27-19-39-33(18-26(25)27)40-32-11-15-38-35(41-32)42-17-12-31(48-4)28(37)22-42/h5,9-11,15,18-19,23-24,28,30-31H,1,6-8,12-14,16-17,20-22H2,2-4H3,(H,38,39,40,41)/t28-,30-,31+/m0/s1. The van der Waals surface area contributed by atoms with Gasteiger partial charge in [-0.2, -0.15) is 4.98 Å². The summed E-state index contributed by atoms with van der Waals surface area (Å²) < 4.78 is 46.2. The molecule has 2 aromatic heterocycles. The van der Waals surface area contributed by atoms with E-state index in [2.05, 4.69) is 38.9 Å². The molecule has 1 N–H and O–H groups in total. The average molecular weight is 692 g/mol. The largest absolute Gasteiger partial charge is 0.378 e. The van der Waals surface area contributed by atoms with Crippen molar-refractivity contribution in [3.63, 3.8) is 0 Å². The molecule has 3 atom stereocenters. The van der Waals surface area contributed by atoms with Crippen LogP contribution >= 0.6 is 0 Å². The summed E-state index contributed by atoms with van der Waals surface area (Å²) in [4.78, 5) is 32.7. The summed E-state index contributed by atoms with van der Waals surface area (Å²) in [7, 11) is -1.69. The van der Waals surface area contributed by atoms with Crippen molar-refractivity contribution in [2.45, 2.75) is 80.7 Å². The summed E-state index contributed by atoms with van der Waals surface area (Å²) >= 11 is 0. The fourth-order valence-electron chi connectivity index (χ4n) is 8.31. The van der Waals surface area contributed by atoms with E-state index in [9.17, 15) is 17.6 Å². The highest BCUT2D eigenvalue weighted by Gasteiger charge is 2.58. The van der Waals surface area contributed by atoms with Gasteiger partial charge in [0.05, 0.1) is 28.7 Å². The van der Waals surface area contributed by atoms with E-state index >= 15 is 0 Å². The highest BCUT2D eigenvalue weighted by molar-refractivity contribution is 7.93. The van der Waals surface area contributed by atoms with Gasteiger partial charge in [0, 0.05) is 62.7 Å². The number of methoxy groups -OCH3 is 1. The molecule has 1 saturated carbocycles. The summed E-state index contributed by atoms with van der Waals surface area (Å²) in [5.41, 5.74) is 2.04. The minimum Gasteiger partial charge on any atom is -0.378 e. The summed E-state index contributed by atoms with van der Waals surface area (Å²) in [5.74, 6) is 1.55. The van der Waals surface area contributed by atoms with Crippen molar-refractivity contribution in [1.82, 2.24) is 19.9 Å². The van der Waals surface area contributed by atoms with Crippen LogP contribution in [0.3, 0.4) is 0 Å². The zero-order chi connectivity index (χ0) is 34.5. The van der Waals surface area contributed by atoms with Crippen molar-refractivity contribution in [3.8, 4) is 0 Å². The molecule has 4 fully saturated rings. The van der Waals surface area contributed by atoms with Gasteiger partial charge in [-0.25, -0.2) is 22.8 Å². The van der Waals surface area contributed by atoms with Crippen LogP contribution in [-0.2, 0) is 19.4 Å². The Kier molecular flexibility index (Phi) is 9.01. The first-order chi connectivity index (χ1) is 23.6. The smallest absolute Gasteiger partial charge is 0.246 e. The molecular weight excluding hydrogens is 646 g/mol. The Morgan fingerprint density at radius 2 is 1.86 bits per heavy atom. The van der Waals surface area contributed by atoms with Crippen molar-refractivity contribution in [2.75, 3.05) is 55.0 Å². The fraction of sp³-hybridized carbons (Fsp3) is 0.556. The fourth-order valence-corrected chi connectivity index (χ4v) is 10.7. The van der Waals surface area contributed by atoms with E-state index < -0.39 is 26.9 Å². The molecule has 3 aromatic rings. The van der Waals surface area contributed by atoms with Crippen molar-refractivity contribution >= 4 is 49.8 Å². The van der Waals surface area contributed by atoms with Crippen LogP contribution in [0.25, 0.3) is 10.8 Å². The number of anilines is 4. The number of aromatic nitrogens is 3. The molecule has 3 aliphatic heterocycles. The van der Waals surface area contributed by atoms with Crippen LogP contribution in [0, 0.1) is 5.92 Å². The molecule has 1 aromatic carbocycles. The SMILES string of the molecule is C=CC(=O)N1CCC[C@H]1c1ccc(N2CC(C3(S(=O)(=O)C(C)C)CCC3)C2)c2cnc(Nc3ccnc(N4CC[C@@H](OC)[C@@H](F)C4)n3)cc12. The van der Waals surface area contributed by atoms with Gasteiger partial charge in [-0.05, 0) is 81.2 Å². The van der Waals surface area contributed by atoms with Gasteiger partial charge in [0.25, 0.3) is 0 Å². The number of alkyl halides is 1. The molecule has 11 nitrogen and oxygen atoms in total. The second-order valence-electron chi connectivity index (χ2n) is 14.2. The van der Waals surface area contributed by atoms with E-state index in [1.807, 2.05) is 22.1 Å². The topological polar surface area (TPSA) is 121 Å². The van der Waals surface area contributed by atoms with Gasteiger partial charge in [-0.3, -0.25) is 4.79 Å². The first-order valence-electron chi connectivity index (χ1n) is 17.4. The molecule has 0 unspecified atom stereocenters. The zero-order valence-electron chi connectivity index (χ0n) is 28.5. The lowest BCUT2D eigenvalue weighted by Crippen LogP contribution is -2.65. The Morgan fingerprint density at radius 3 is 2.53 bits per heavy atom.